The number of methoxy groups -OCH3 is 1. The summed E-state index contributed by atoms with van der Waals surface area (Å²) in [6.07, 6.45) is 0. The van der Waals surface area contributed by atoms with Gasteiger partial charge in [-0.2, -0.15) is 0 Å². The van der Waals surface area contributed by atoms with Crippen LogP contribution in [0.25, 0.3) is 10.2 Å². The first kappa shape index (κ1) is 12.4. The molecule has 1 atom stereocenters. The van der Waals surface area contributed by atoms with Crippen LogP contribution < -0.4 is 4.90 Å². The second kappa shape index (κ2) is 5.14. The summed E-state index contributed by atoms with van der Waals surface area (Å²) in [6.45, 7) is 1.60. The third-order valence-electron chi connectivity index (χ3n) is 3.13. The topological polar surface area (TPSA) is 51.7 Å². The van der Waals surface area contributed by atoms with E-state index in [9.17, 15) is 4.79 Å². The number of rotatable bonds is 2. The number of carbonyl (C=O) groups excluding carboxylic acids is 1. The Morgan fingerprint density at radius 1 is 1.53 bits per heavy atom. The Bertz CT molecular complexity index is 565. The molecule has 1 saturated heterocycles. The largest absolute Gasteiger partial charge is 0.467 e. The number of hydrogen-bond donors (Lipinski definition) is 0. The summed E-state index contributed by atoms with van der Waals surface area (Å²) < 4.78 is 11.3. The molecule has 3 rings (SSSR count). The predicted molar refractivity (Wildman–Crippen MR) is 73.6 cm³/mol. The second-order valence-corrected chi connectivity index (χ2v) is 5.28. The van der Waals surface area contributed by atoms with Gasteiger partial charge in [-0.05, 0) is 12.1 Å². The van der Waals surface area contributed by atoms with Gasteiger partial charge in [0, 0.05) is 6.54 Å². The summed E-state index contributed by atoms with van der Waals surface area (Å²) in [4.78, 5) is 18.4. The molecule has 6 heteroatoms. The van der Waals surface area contributed by atoms with Crippen LogP contribution in [-0.2, 0) is 14.3 Å². The van der Waals surface area contributed by atoms with Gasteiger partial charge in [0.2, 0.25) is 0 Å². The average Bonchev–Trinajstić information content (AvgIpc) is 2.90. The number of nitrogens with zero attached hydrogens (tertiary/aromatic N) is 2. The number of carbonyl (C=O) groups is 1. The van der Waals surface area contributed by atoms with E-state index in [4.69, 9.17) is 9.47 Å². The van der Waals surface area contributed by atoms with Crippen LogP contribution in [0, 0.1) is 0 Å². The van der Waals surface area contributed by atoms with Crippen molar-refractivity contribution in [2.75, 3.05) is 31.8 Å². The van der Waals surface area contributed by atoms with Crippen molar-refractivity contribution in [1.82, 2.24) is 4.98 Å². The molecule has 0 amide bonds. The molecule has 2 aromatic rings. The van der Waals surface area contributed by atoms with Crippen molar-refractivity contribution in [2.24, 2.45) is 0 Å². The van der Waals surface area contributed by atoms with E-state index in [-0.39, 0.29) is 5.97 Å². The zero-order valence-corrected chi connectivity index (χ0v) is 11.4. The van der Waals surface area contributed by atoms with Gasteiger partial charge >= 0.3 is 5.97 Å². The van der Waals surface area contributed by atoms with Gasteiger partial charge in [0.15, 0.2) is 11.2 Å². The molecule has 1 aliphatic heterocycles. The summed E-state index contributed by atoms with van der Waals surface area (Å²) >= 11 is 1.59. The van der Waals surface area contributed by atoms with Crippen molar-refractivity contribution >= 4 is 32.7 Å². The number of esters is 1. The average molecular weight is 278 g/mol. The van der Waals surface area contributed by atoms with Crippen molar-refractivity contribution < 1.29 is 14.3 Å². The quantitative estimate of drug-likeness (QED) is 0.782. The third kappa shape index (κ3) is 2.29. The minimum absolute atomic E-state index is 0.279. The van der Waals surface area contributed by atoms with Crippen molar-refractivity contribution in [1.29, 1.82) is 0 Å². The van der Waals surface area contributed by atoms with Gasteiger partial charge in [0.1, 0.15) is 0 Å². The number of hydrogen-bond acceptors (Lipinski definition) is 6. The molecule has 0 aliphatic carbocycles. The van der Waals surface area contributed by atoms with E-state index in [1.807, 2.05) is 29.2 Å². The highest BCUT2D eigenvalue weighted by molar-refractivity contribution is 7.22. The number of thiazole rings is 1. The molecule has 0 spiro atoms. The first-order valence-electron chi connectivity index (χ1n) is 6.07. The van der Waals surface area contributed by atoms with Crippen LogP contribution in [0.3, 0.4) is 0 Å². The maximum Gasteiger partial charge on any atom is 0.330 e. The molecule has 1 fully saturated rings. The van der Waals surface area contributed by atoms with E-state index < -0.39 is 6.04 Å². The Kier molecular flexibility index (Phi) is 3.35. The van der Waals surface area contributed by atoms with Crippen LogP contribution in [0.2, 0.25) is 0 Å². The smallest absolute Gasteiger partial charge is 0.330 e. The summed E-state index contributed by atoms with van der Waals surface area (Å²) in [5.41, 5.74) is 0.956. The van der Waals surface area contributed by atoms with E-state index in [1.54, 1.807) is 11.3 Å². The van der Waals surface area contributed by atoms with Gasteiger partial charge in [-0.3, -0.25) is 0 Å². The molecule has 5 nitrogen and oxygen atoms in total. The highest BCUT2D eigenvalue weighted by Gasteiger charge is 2.32. The lowest BCUT2D eigenvalue weighted by atomic mass is 10.2. The number of benzene rings is 1. The van der Waals surface area contributed by atoms with Crippen LogP contribution in [0.15, 0.2) is 24.3 Å². The van der Waals surface area contributed by atoms with Gasteiger partial charge < -0.3 is 14.4 Å². The first-order valence-corrected chi connectivity index (χ1v) is 6.89. The molecule has 19 heavy (non-hydrogen) atoms. The normalized spacial score (nSPS) is 19.6. The van der Waals surface area contributed by atoms with Crippen LogP contribution in [0.5, 0.6) is 0 Å². The monoisotopic (exact) mass is 278 g/mol. The summed E-state index contributed by atoms with van der Waals surface area (Å²) in [7, 11) is 1.40. The zero-order valence-electron chi connectivity index (χ0n) is 10.5. The van der Waals surface area contributed by atoms with Gasteiger partial charge in [-0.25, -0.2) is 9.78 Å². The summed E-state index contributed by atoms with van der Waals surface area (Å²) in [5, 5.41) is 0.847. The highest BCUT2D eigenvalue weighted by atomic mass is 32.1. The fraction of sp³-hybridized carbons (Fsp3) is 0.385. The van der Waals surface area contributed by atoms with Crippen molar-refractivity contribution in [3.05, 3.63) is 24.3 Å². The fourth-order valence-corrected chi connectivity index (χ4v) is 3.19. The van der Waals surface area contributed by atoms with Gasteiger partial charge in [0.05, 0.1) is 30.5 Å². The standard InChI is InChI=1S/C13H14N2O3S/c1-17-12(16)10-8-18-7-6-15(10)13-14-9-4-2-3-5-11(9)19-13/h2-5,10H,6-8H2,1H3. The summed E-state index contributed by atoms with van der Waals surface area (Å²) in [5.74, 6) is -0.279. The highest BCUT2D eigenvalue weighted by Crippen LogP contribution is 2.30. The molecule has 1 aliphatic rings. The lowest BCUT2D eigenvalue weighted by molar-refractivity contribution is -0.144. The Hall–Kier alpha value is -1.66. The molecule has 100 valence electrons. The van der Waals surface area contributed by atoms with Crippen LogP contribution in [0.4, 0.5) is 5.13 Å². The Balaban J connectivity index is 1.95. The number of para-hydroxylation sites is 1. The van der Waals surface area contributed by atoms with Crippen LogP contribution in [0.1, 0.15) is 0 Å². The van der Waals surface area contributed by atoms with Crippen molar-refractivity contribution in [2.45, 2.75) is 6.04 Å². The second-order valence-electron chi connectivity index (χ2n) is 4.27. The molecule has 0 radical (unpaired) electrons. The Morgan fingerprint density at radius 3 is 3.16 bits per heavy atom. The lowest BCUT2D eigenvalue weighted by Crippen LogP contribution is -2.50. The minimum Gasteiger partial charge on any atom is -0.467 e. The van der Waals surface area contributed by atoms with E-state index >= 15 is 0 Å². The van der Waals surface area contributed by atoms with E-state index in [0.717, 1.165) is 15.3 Å². The Morgan fingerprint density at radius 2 is 2.37 bits per heavy atom. The van der Waals surface area contributed by atoms with Gasteiger partial charge in [-0.1, -0.05) is 23.5 Å². The number of morpholine rings is 1. The molecule has 0 saturated carbocycles. The molecule has 0 N–H and O–H groups in total. The number of aromatic nitrogens is 1. The van der Waals surface area contributed by atoms with E-state index in [0.29, 0.717) is 19.8 Å². The fourth-order valence-electron chi connectivity index (χ4n) is 2.15. The molecule has 0 bridgehead atoms. The SMILES string of the molecule is COC(=O)C1COCCN1c1nc2ccccc2s1. The lowest BCUT2D eigenvalue weighted by Gasteiger charge is -2.33. The molecule has 1 aromatic carbocycles. The van der Waals surface area contributed by atoms with Crippen LogP contribution >= 0.6 is 11.3 Å². The van der Waals surface area contributed by atoms with E-state index in [1.165, 1.54) is 7.11 Å². The number of ether oxygens (including phenoxy) is 2. The zero-order chi connectivity index (χ0) is 13.2. The molecular formula is C13H14N2O3S. The summed E-state index contributed by atoms with van der Waals surface area (Å²) in [6, 6.07) is 7.55. The van der Waals surface area contributed by atoms with Gasteiger partial charge in [0.25, 0.3) is 0 Å². The van der Waals surface area contributed by atoms with Crippen molar-refractivity contribution in [3.8, 4) is 0 Å². The molecular weight excluding hydrogens is 264 g/mol. The molecule has 2 heterocycles. The molecule has 1 aromatic heterocycles. The van der Waals surface area contributed by atoms with E-state index in [2.05, 4.69) is 4.98 Å². The third-order valence-corrected chi connectivity index (χ3v) is 4.20. The maximum atomic E-state index is 11.8. The molecule has 1 unspecified atom stereocenters. The predicted octanol–water partition coefficient (Wildman–Crippen LogP) is 1.67. The van der Waals surface area contributed by atoms with Crippen LogP contribution in [-0.4, -0.2) is 43.9 Å². The minimum atomic E-state index is -0.403. The van der Waals surface area contributed by atoms with Gasteiger partial charge in [-0.15, -0.1) is 0 Å². The van der Waals surface area contributed by atoms with Crippen molar-refractivity contribution in [3.63, 3.8) is 0 Å². The maximum absolute atomic E-state index is 11.8. The number of fused-ring (bicyclic) bond motifs is 1. The number of anilines is 1. The Labute approximate surface area is 114 Å². The first-order chi connectivity index (χ1) is 9.29.